The molecule has 1 unspecified atom stereocenters. The Hall–Kier alpha value is -2.70. The molecule has 1 aromatic carbocycles. The van der Waals surface area contributed by atoms with E-state index >= 15 is 0 Å². The first-order valence-electron chi connectivity index (χ1n) is 8.62. The highest BCUT2D eigenvalue weighted by atomic mass is 16.4. The van der Waals surface area contributed by atoms with E-state index in [9.17, 15) is 9.59 Å². The number of aromatic nitrogens is 2. The zero-order chi connectivity index (χ0) is 17.8. The number of carbonyl (C=O) groups is 2. The summed E-state index contributed by atoms with van der Waals surface area (Å²) < 4.78 is 5.58. The highest BCUT2D eigenvalue weighted by Gasteiger charge is 2.35. The molecule has 3 rings (SSSR count). The van der Waals surface area contributed by atoms with Gasteiger partial charge in [-0.15, -0.1) is 5.10 Å². The van der Waals surface area contributed by atoms with E-state index < -0.39 is 0 Å². The Morgan fingerprint density at radius 2 is 2.00 bits per heavy atom. The summed E-state index contributed by atoms with van der Waals surface area (Å²) in [4.78, 5) is 26.1. The summed E-state index contributed by atoms with van der Waals surface area (Å²) in [6.45, 7) is 4.43. The average molecular weight is 342 g/mol. The lowest BCUT2D eigenvalue weighted by Crippen LogP contribution is -2.24. The summed E-state index contributed by atoms with van der Waals surface area (Å²) in [5.74, 6) is 0.0493. The molecule has 7 nitrogen and oxygen atoms in total. The van der Waals surface area contributed by atoms with Crippen LogP contribution >= 0.6 is 0 Å². The van der Waals surface area contributed by atoms with Gasteiger partial charge in [0.1, 0.15) is 0 Å². The van der Waals surface area contributed by atoms with Gasteiger partial charge in [-0.05, 0) is 25.0 Å². The second-order valence-corrected chi connectivity index (χ2v) is 6.19. The number of nitrogens with one attached hydrogen (secondary N) is 1. The maximum absolute atomic E-state index is 12.3. The van der Waals surface area contributed by atoms with Crippen molar-refractivity contribution in [2.75, 3.05) is 16.8 Å². The largest absolute Gasteiger partial charge is 0.407 e. The number of hydrogen-bond acceptors (Lipinski definition) is 5. The molecule has 1 aliphatic rings. The van der Waals surface area contributed by atoms with Crippen LogP contribution in [0.5, 0.6) is 0 Å². The molecule has 0 bridgehead atoms. The summed E-state index contributed by atoms with van der Waals surface area (Å²) in [5, 5.41) is 10.6. The van der Waals surface area contributed by atoms with Crippen molar-refractivity contribution in [1.29, 1.82) is 0 Å². The van der Waals surface area contributed by atoms with Gasteiger partial charge in [-0.25, -0.2) is 0 Å². The fraction of sp³-hybridized carbons (Fsp3) is 0.444. The van der Waals surface area contributed by atoms with Crippen molar-refractivity contribution < 1.29 is 14.0 Å². The average Bonchev–Trinajstić information content (AvgIpc) is 3.23. The number of nitrogens with zero attached hydrogens (tertiary/aromatic N) is 3. The van der Waals surface area contributed by atoms with Crippen LogP contribution < -0.4 is 10.2 Å². The van der Waals surface area contributed by atoms with Gasteiger partial charge < -0.3 is 9.32 Å². The topological polar surface area (TPSA) is 88.3 Å². The molecule has 0 aliphatic carbocycles. The summed E-state index contributed by atoms with van der Waals surface area (Å²) in [6, 6.07) is 9.60. The Morgan fingerprint density at radius 1 is 1.28 bits per heavy atom. The maximum atomic E-state index is 12.3. The minimum absolute atomic E-state index is 0.0250. The molecule has 2 aromatic rings. The van der Waals surface area contributed by atoms with Crippen LogP contribution in [0.25, 0.3) is 0 Å². The predicted molar refractivity (Wildman–Crippen MR) is 93.2 cm³/mol. The third-order valence-corrected chi connectivity index (χ3v) is 4.57. The number of benzene rings is 1. The van der Waals surface area contributed by atoms with Gasteiger partial charge in [-0.3, -0.25) is 14.9 Å². The lowest BCUT2D eigenvalue weighted by Gasteiger charge is -2.15. The number of amides is 2. The van der Waals surface area contributed by atoms with Gasteiger partial charge in [0.05, 0.1) is 5.92 Å². The first-order valence-corrected chi connectivity index (χ1v) is 8.62. The first kappa shape index (κ1) is 17.1. The zero-order valence-electron chi connectivity index (χ0n) is 14.4. The maximum Gasteiger partial charge on any atom is 0.322 e. The molecule has 1 atom stereocenters. The van der Waals surface area contributed by atoms with Crippen molar-refractivity contribution in [1.82, 2.24) is 10.2 Å². The minimum atomic E-state index is -0.168. The van der Waals surface area contributed by atoms with Crippen molar-refractivity contribution in [2.45, 2.75) is 39.0 Å². The SMILES string of the molecule is CCC(CC)C(=O)Nc1nnc(C2CC(=O)N(c3ccccc3)C2)o1. The second-order valence-electron chi connectivity index (χ2n) is 6.19. The van der Waals surface area contributed by atoms with Crippen LogP contribution in [0.3, 0.4) is 0 Å². The van der Waals surface area contributed by atoms with Crippen molar-refractivity contribution in [3.8, 4) is 0 Å². The van der Waals surface area contributed by atoms with Crippen LogP contribution in [-0.2, 0) is 9.59 Å². The fourth-order valence-electron chi connectivity index (χ4n) is 3.05. The van der Waals surface area contributed by atoms with E-state index in [0.717, 1.165) is 18.5 Å². The normalized spacial score (nSPS) is 17.3. The van der Waals surface area contributed by atoms with E-state index in [2.05, 4.69) is 15.5 Å². The van der Waals surface area contributed by atoms with E-state index in [1.54, 1.807) is 4.90 Å². The molecule has 2 heterocycles. The van der Waals surface area contributed by atoms with Gasteiger partial charge in [0.25, 0.3) is 0 Å². The van der Waals surface area contributed by atoms with E-state index in [4.69, 9.17) is 4.42 Å². The monoisotopic (exact) mass is 342 g/mol. The Morgan fingerprint density at radius 3 is 2.68 bits per heavy atom. The van der Waals surface area contributed by atoms with E-state index in [1.807, 2.05) is 44.2 Å². The van der Waals surface area contributed by atoms with Crippen molar-refractivity contribution in [3.05, 3.63) is 36.2 Å². The standard InChI is InChI=1S/C18H22N4O3/c1-3-12(4-2)16(24)19-18-21-20-17(25-18)13-10-15(23)22(11-13)14-8-6-5-7-9-14/h5-9,12-13H,3-4,10-11H2,1-2H3,(H,19,21,24). The second kappa shape index (κ2) is 7.46. The van der Waals surface area contributed by atoms with Gasteiger partial charge in [0, 0.05) is 24.6 Å². The van der Waals surface area contributed by atoms with Crippen molar-refractivity contribution in [3.63, 3.8) is 0 Å². The Balaban J connectivity index is 1.67. The summed E-state index contributed by atoms with van der Waals surface area (Å²) in [6.07, 6.45) is 1.83. The molecule has 1 N–H and O–H groups in total. The molecular weight excluding hydrogens is 320 g/mol. The van der Waals surface area contributed by atoms with E-state index in [-0.39, 0.29) is 29.7 Å². The summed E-state index contributed by atoms with van der Waals surface area (Å²) in [7, 11) is 0. The molecular formula is C18H22N4O3. The van der Waals surface area contributed by atoms with Crippen LogP contribution in [0.1, 0.15) is 44.9 Å². The summed E-state index contributed by atoms with van der Waals surface area (Å²) >= 11 is 0. The molecule has 25 heavy (non-hydrogen) atoms. The Bertz CT molecular complexity index is 740. The lowest BCUT2D eigenvalue weighted by molar-refractivity contribution is -0.120. The number of anilines is 2. The number of hydrogen-bond donors (Lipinski definition) is 1. The Labute approximate surface area is 146 Å². The van der Waals surface area contributed by atoms with Crippen LogP contribution in [0.15, 0.2) is 34.7 Å². The third kappa shape index (κ3) is 3.70. The molecule has 7 heteroatoms. The van der Waals surface area contributed by atoms with Crippen LogP contribution in [0.4, 0.5) is 11.7 Å². The lowest BCUT2D eigenvalue weighted by atomic mass is 10.0. The van der Waals surface area contributed by atoms with E-state index in [0.29, 0.717) is 18.9 Å². The third-order valence-electron chi connectivity index (χ3n) is 4.57. The number of rotatable bonds is 6. The molecule has 132 valence electrons. The quantitative estimate of drug-likeness (QED) is 0.872. The molecule has 0 saturated carbocycles. The van der Waals surface area contributed by atoms with Gasteiger partial charge in [-0.2, -0.15) is 0 Å². The molecule has 1 aromatic heterocycles. The highest BCUT2D eigenvalue weighted by molar-refractivity contribution is 5.96. The molecule has 1 aliphatic heterocycles. The molecule has 0 radical (unpaired) electrons. The zero-order valence-corrected chi connectivity index (χ0v) is 14.4. The fourth-order valence-corrected chi connectivity index (χ4v) is 3.05. The first-order chi connectivity index (χ1) is 12.1. The number of carbonyl (C=O) groups excluding carboxylic acids is 2. The van der Waals surface area contributed by atoms with Crippen molar-refractivity contribution in [2.24, 2.45) is 5.92 Å². The summed E-state index contributed by atoms with van der Waals surface area (Å²) in [5.41, 5.74) is 0.858. The van der Waals surface area contributed by atoms with Crippen molar-refractivity contribution >= 4 is 23.5 Å². The van der Waals surface area contributed by atoms with Gasteiger partial charge in [0.2, 0.25) is 17.7 Å². The van der Waals surface area contributed by atoms with Crippen LogP contribution in [0.2, 0.25) is 0 Å². The molecule has 0 spiro atoms. The minimum Gasteiger partial charge on any atom is -0.407 e. The molecule has 1 saturated heterocycles. The Kier molecular flexibility index (Phi) is 5.11. The van der Waals surface area contributed by atoms with Crippen LogP contribution in [-0.4, -0.2) is 28.6 Å². The van der Waals surface area contributed by atoms with Gasteiger partial charge in [-0.1, -0.05) is 37.1 Å². The number of para-hydroxylation sites is 1. The van der Waals surface area contributed by atoms with E-state index in [1.165, 1.54) is 0 Å². The molecule has 2 amide bonds. The smallest absolute Gasteiger partial charge is 0.322 e. The van der Waals surface area contributed by atoms with Gasteiger partial charge in [0.15, 0.2) is 0 Å². The molecule has 1 fully saturated rings. The predicted octanol–water partition coefficient (Wildman–Crippen LogP) is 2.96. The van der Waals surface area contributed by atoms with Gasteiger partial charge >= 0.3 is 6.01 Å². The van der Waals surface area contributed by atoms with Crippen LogP contribution in [0, 0.1) is 5.92 Å². The highest BCUT2D eigenvalue weighted by Crippen LogP contribution is 2.31.